The summed E-state index contributed by atoms with van der Waals surface area (Å²) < 4.78 is 0.957. The first-order chi connectivity index (χ1) is 12.7. The fraction of sp³-hybridized carbons (Fsp3) is 0. The van der Waals surface area contributed by atoms with E-state index >= 15 is 0 Å². The van der Waals surface area contributed by atoms with Gasteiger partial charge in [0.15, 0.2) is 0 Å². The van der Waals surface area contributed by atoms with E-state index in [1.807, 2.05) is 54.6 Å². The summed E-state index contributed by atoms with van der Waals surface area (Å²) >= 11 is 3.51. The summed E-state index contributed by atoms with van der Waals surface area (Å²) in [5.74, 6) is -0.289. The molecule has 4 rings (SSSR count). The van der Waals surface area contributed by atoms with E-state index in [9.17, 15) is 4.79 Å². The van der Waals surface area contributed by atoms with Crippen molar-refractivity contribution in [3.8, 4) is 11.1 Å². The number of H-pyrrole nitrogens is 2. The molecule has 2 heterocycles. The predicted molar refractivity (Wildman–Crippen MR) is 107 cm³/mol. The fourth-order valence-electron chi connectivity index (χ4n) is 2.88. The number of fused-ring (bicyclic) bond motifs is 1. The van der Waals surface area contributed by atoms with Gasteiger partial charge >= 0.3 is 0 Å². The van der Waals surface area contributed by atoms with Gasteiger partial charge in [-0.1, -0.05) is 46.3 Å². The lowest BCUT2D eigenvalue weighted by Gasteiger charge is -2.04. The van der Waals surface area contributed by atoms with Gasteiger partial charge in [0.2, 0.25) is 0 Å². The first-order valence-corrected chi connectivity index (χ1v) is 8.84. The van der Waals surface area contributed by atoms with Gasteiger partial charge in [0.25, 0.3) is 5.91 Å². The number of carbonyl (C=O) groups excluding carboxylic acids is 1. The van der Waals surface area contributed by atoms with Crippen LogP contribution in [0.25, 0.3) is 22.0 Å². The zero-order valence-electron chi connectivity index (χ0n) is 13.7. The van der Waals surface area contributed by atoms with E-state index < -0.39 is 0 Å². The Labute approximate surface area is 158 Å². The maximum absolute atomic E-state index is 12.7. The number of amides is 1. The largest absolute Gasteiger partial charge is 0.367 e. The van der Waals surface area contributed by atoms with Crippen LogP contribution in [0.15, 0.2) is 76.6 Å². The molecule has 2 aromatic carbocycles. The van der Waals surface area contributed by atoms with Crippen molar-refractivity contribution in [2.45, 2.75) is 0 Å². The summed E-state index contributed by atoms with van der Waals surface area (Å²) in [5, 5.41) is 5.02. The number of nitrogens with one attached hydrogen (secondary N) is 3. The predicted octanol–water partition coefficient (Wildman–Crippen LogP) is 4.69. The molecule has 0 spiro atoms. The van der Waals surface area contributed by atoms with E-state index in [0.717, 1.165) is 32.1 Å². The Morgan fingerprint density at radius 3 is 2.73 bits per heavy atom. The number of aromatic amines is 2. The molecule has 0 aliphatic rings. The van der Waals surface area contributed by atoms with E-state index in [0.29, 0.717) is 5.69 Å². The molecule has 0 aliphatic heterocycles. The molecule has 0 saturated carbocycles. The van der Waals surface area contributed by atoms with Crippen LogP contribution in [0, 0.1) is 0 Å². The Balaban J connectivity index is 1.75. The molecule has 0 atom stereocenters. The molecule has 1 amide bonds. The second-order valence-corrected chi connectivity index (χ2v) is 6.69. The molecule has 0 aliphatic carbocycles. The lowest BCUT2D eigenvalue weighted by atomic mass is 10.0. The van der Waals surface area contributed by atoms with Crippen molar-refractivity contribution in [1.29, 1.82) is 0 Å². The highest BCUT2D eigenvalue weighted by molar-refractivity contribution is 9.10. The van der Waals surface area contributed by atoms with Crippen LogP contribution >= 0.6 is 15.9 Å². The Hall–Kier alpha value is -3.12. The van der Waals surface area contributed by atoms with Gasteiger partial charge in [-0.05, 0) is 29.8 Å². The van der Waals surface area contributed by atoms with Crippen molar-refractivity contribution in [3.63, 3.8) is 0 Å². The third-order valence-electron chi connectivity index (χ3n) is 4.05. The van der Waals surface area contributed by atoms with Gasteiger partial charge in [-0.25, -0.2) is 5.43 Å². The van der Waals surface area contributed by atoms with Crippen LogP contribution in [-0.4, -0.2) is 22.1 Å². The zero-order valence-corrected chi connectivity index (χ0v) is 15.2. The molecule has 4 aromatic rings. The van der Waals surface area contributed by atoms with E-state index in [1.54, 1.807) is 18.6 Å². The van der Waals surface area contributed by atoms with Crippen LogP contribution in [0.2, 0.25) is 0 Å². The molecule has 0 bridgehead atoms. The maximum atomic E-state index is 12.7. The van der Waals surface area contributed by atoms with Crippen LogP contribution in [-0.2, 0) is 0 Å². The summed E-state index contributed by atoms with van der Waals surface area (Å²) in [5.41, 5.74) is 6.68. The summed E-state index contributed by atoms with van der Waals surface area (Å²) in [6.45, 7) is 0. The van der Waals surface area contributed by atoms with Gasteiger partial charge in [0.1, 0.15) is 5.69 Å². The lowest BCUT2D eigenvalue weighted by molar-refractivity contribution is 0.0951. The molecule has 0 fully saturated rings. The standard InChI is InChI=1S/C20H15BrN4O/c21-15-6-7-17-16(10-15)18(14-4-2-1-3-5-14)19(24-17)20(26)25-23-12-13-8-9-22-11-13/h1-12,22,24H,(H,25,26)/b23-12+. The number of aromatic nitrogens is 2. The van der Waals surface area contributed by atoms with Crippen LogP contribution < -0.4 is 5.43 Å². The fourth-order valence-corrected chi connectivity index (χ4v) is 3.24. The van der Waals surface area contributed by atoms with E-state index in [-0.39, 0.29) is 5.91 Å². The van der Waals surface area contributed by atoms with Crippen LogP contribution in [0.5, 0.6) is 0 Å². The summed E-state index contributed by atoms with van der Waals surface area (Å²) in [7, 11) is 0. The minimum atomic E-state index is -0.289. The third kappa shape index (κ3) is 3.19. The summed E-state index contributed by atoms with van der Waals surface area (Å²) in [4.78, 5) is 18.9. The maximum Gasteiger partial charge on any atom is 0.288 e. The molecule has 2 aromatic heterocycles. The second-order valence-electron chi connectivity index (χ2n) is 5.77. The minimum absolute atomic E-state index is 0.289. The first kappa shape index (κ1) is 16.4. The Morgan fingerprint density at radius 1 is 1.12 bits per heavy atom. The molecular formula is C20H15BrN4O. The lowest BCUT2D eigenvalue weighted by Crippen LogP contribution is -2.18. The number of hydrazone groups is 1. The average molecular weight is 407 g/mol. The normalized spacial score (nSPS) is 11.3. The van der Waals surface area contributed by atoms with Crippen molar-refractivity contribution in [2.24, 2.45) is 5.10 Å². The highest BCUT2D eigenvalue weighted by atomic mass is 79.9. The minimum Gasteiger partial charge on any atom is -0.367 e. The number of halogens is 1. The van der Waals surface area contributed by atoms with Crippen molar-refractivity contribution in [2.75, 3.05) is 0 Å². The molecule has 26 heavy (non-hydrogen) atoms. The van der Waals surface area contributed by atoms with Crippen molar-refractivity contribution < 1.29 is 4.79 Å². The van der Waals surface area contributed by atoms with E-state index in [4.69, 9.17) is 0 Å². The second kappa shape index (κ2) is 7.01. The SMILES string of the molecule is O=C(N/N=C/c1cc[nH]c1)c1[nH]c2ccc(Br)cc2c1-c1ccccc1. The highest BCUT2D eigenvalue weighted by Crippen LogP contribution is 2.34. The van der Waals surface area contributed by atoms with Crippen LogP contribution in [0.3, 0.4) is 0 Å². The summed E-state index contributed by atoms with van der Waals surface area (Å²) in [6.07, 6.45) is 5.19. The molecule has 0 radical (unpaired) electrons. The smallest absolute Gasteiger partial charge is 0.288 e. The Kier molecular flexibility index (Phi) is 4.41. The number of nitrogens with zero attached hydrogens (tertiary/aromatic N) is 1. The van der Waals surface area contributed by atoms with Crippen molar-refractivity contribution >= 4 is 39.0 Å². The molecule has 3 N–H and O–H groups in total. The molecule has 0 saturated heterocycles. The van der Waals surface area contributed by atoms with Gasteiger partial charge in [-0.15, -0.1) is 0 Å². The molecule has 128 valence electrons. The molecule has 6 heteroatoms. The molecule has 5 nitrogen and oxygen atoms in total. The quantitative estimate of drug-likeness (QED) is 0.333. The number of rotatable bonds is 4. The number of carbonyl (C=O) groups is 1. The van der Waals surface area contributed by atoms with Gasteiger partial charge in [0.05, 0.1) is 6.21 Å². The molecule has 0 unspecified atom stereocenters. The van der Waals surface area contributed by atoms with Gasteiger partial charge in [0, 0.05) is 38.9 Å². The van der Waals surface area contributed by atoms with Crippen molar-refractivity contribution in [3.05, 3.63) is 82.7 Å². The third-order valence-corrected chi connectivity index (χ3v) is 4.55. The number of benzene rings is 2. The van der Waals surface area contributed by atoms with Crippen LogP contribution in [0.4, 0.5) is 0 Å². The van der Waals surface area contributed by atoms with Gasteiger partial charge in [-0.2, -0.15) is 5.10 Å². The zero-order chi connectivity index (χ0) is 17.9. The van der Waals surface area contributed by atoms with Crippen LogP contribution in [0.1, 0.15) is 16.1 Å². The highest BCUT2D eigenvalue weighted by Gasteiger charge is 2.19. The average Bonchev–Trinajstić information content (AvgIpc) is 3.29. The Morgan fingerprint density at radius 2 is 1.96 bits per heavy atom. The van der Waals surface area contributed by atoms with E-state index in [1.165, 1.54) is 0 Å². The Bertz CT molecular complexity index is 1080. The van der Waals surface area contributed by atoms with E-state index in [2.05, 4.69) is 36.4 Å². The van der Waals surface area contributed by atoms with Crippen molar-refractivity contribution in [1.82, 2.24) is 15.4 Å². The number of hydrogen-bond donors (Lipinski definition) is 3. The topological polar surface area (TPSA) is 73.0 Å². The summed E-state index contributed by atoms with van der Waals surface area (Å²) in [6, 6.07) is 17.6. The van der Waals surface area contributed by atoms with Gasteiger partial charge < -0.3 is 9.97 Å². The van der Waals surface area contributed by atoms with Gasteiger partial charge in [-0.3, -0.25) is 4.79 Å². The first-order valence-electron chi connectivity index (χ1n) is 8.05. The number of hydrogen-bond acceptors (Lipinski definition) is 2. The molecular weight excluding hydrogens is 392 g/mol. The monoisotopic (exact) mass is 406 g/mol.